The summed E-state index contributed by atoms with van der Waals surface area (Å²) in [5.74, 6) is 0.152. The van der Waals surface area contributed by atoms with Crippen LogP contribution in [0.5, 0.6) is 0 Å². The van der Waals surface area contributed by atoms with E-state index < -0.39 is 0 Å². The molecule has 1 rings (SSSR count). The maximum absolute atomic E-state index is 11.2. The Morgan fingerprint density at radius 2 is 2.29 bits per heavy atom. The Hall–Kier alpha value is -0.830. The van der Waals surface area contributed by atoms with Crippen molar-refractivity contribution in [1.29, 1.82) is 0 Å². The number of amides is 1. The van der Waals surface area contributed by atoms with E-state index in [0.717, 1.165) is 12.8 Å². The van der Waals surface area contributed by atoms with Crippen LogP contribution in [-0.4, -0.2) is 5.91 Å². The van der Waals surface area contributed by atoms with Gasteiger partial charge in [0, 0.05) is 11.3 Å². The zero-order valence-electron chi connectivity index (χ0n) is 8.80. The van der Waals surface area contributed by atoms with Crippen molar-refractivity contribution in [1.82, 2.24) is 5.32 Å². The lowest BCUT2D eigenvalue weighted by Gasteiger charge is -2.00. The smallest absolute Gasteiger partial charge is 0.220 e. The highest BCUT2D eigenvalue weighted by Crippen LogP contribution is 2.14. The Labute approximate surface area is 89.3 Å². The van der Waals surface area contributed by atoms with Crippen LogP contribution in [0.4, 0.5) is 0 Å². The fraction of sp³-hybridized carbons (Fsp3) is 0.545. The summed E-state index contributed by atoms with van der Waals surface area (Å²) in [5.41, 5.74) is 1.36. The zero-order chi connectivity index (χ0) is 10.4. The SMILES string of the molecule is CCCC(=O)NCc1cc(CC)cs1. The van der Waals surface area contributed by atoms with Gasteiger partial charge in [0.05, 0.1) is 6.54 Å². The minimum Gasteiger partial charge on any atom is -0.351 e. The lowest BCUT2D eigenvalue weighted by Crippen LogP contribution is -2.21. The first-order chi connectivity index (χ1) is 6.76. The molecule has 0 spiro atoms. The first-order valence-electron chi connectivity index (χ1n) is 5.09. The molecular weight excluding hydrogens is 194 g/mol. The number of thiophene rings is 1. The lowest BCUT2D eigenvalue weighted by atomic mass is 10.2. The maximum atomic E-state index is 11.2. The van der Waals surface area contributed by atoms with Crippen LogP contribution < -0.4 is 5.32 Å². The second kappa shape index (κ2) is 5.81. The van der Waals surface area contributed by atoms with Crippen LogP contribution >= 0.6 is 11.3 Å². The molecule has 0 aliphatic carbocycles. The number of hydrogen-bond donors (Lipinski definition) is 1. The maximum Gasteiger partial charge on any atom is 0.220 e. The van der Waals surface area contributed by atoms with Crippen molar-refractivity contribution in [2.24, 2.45) is 0 Å². The molecule has 1 aromatic heterocycles. The van der Waals surface area contributed by atoms with Crippen molar-refractivity contribution in [2.75, 3.05) is 0 Å². The molecule has 14 heavy (non-hydrogen) atoms. The normalized spacial score (nSPS) is 10.1. The molecule has 3 heteroatoms. The first-order valence-corrected chi connectivity index (χ1v) is 5.97. The molecule has 1 N–H and O–H groups in total. The molecule has 0 fully saturated rings. The van der Waals surface area contributed by atoms with Crippen LogP contribution in [0.25, 0.3) is 0 Å². The summed E-state index contributed by atoms with van der Waals surface area (Å²) >= 11 is 1.72. The number of carbonyl (C=O) groups is 1. The molecule has 1 heterocycles. The molecule has 1 amide bonds. The van der Waals surface area contributed by atoms with Gasteiger partial charge in [-0.2, -0.15) is 0 Å². The predicted molar refractivity (Wildman–Crippen MR) is 60.5 cm³/mol. The van der Waals surface area contributed by atoms with Crippen molar-refractivity contribution >= 4 is 17.2 Å². The Morgan fingerprint density at radius 1 is 1.50 bits per heavy atom. The minimum absolute atomic E-state index is 0.152. The average molecular weight is 211 g/mol. The number of aryl methyl sites for hydroxylation is 1. The van der Waals surface area contributed by atoms with Crippen molar-refractivity contribution in [3.05, 3.63) is 21.9 Å². The summed E-state index contributed by atoms with van der Waals surface area (Å²) < 4.78 is 0. The highest BCUT2D eigenvalue weighted by atomic mass is 32.1. The van der Waals surface area contributed by atoms with Gasteiger partial charge in [-0.05, 0) is 29.9 Å². The third-order valence-electron chi connectivity index (χ3n) is 2.05. The van der Waals surface area contributed by atoms with E-state index in [1.807, 2.05) is 6.92 Å². The van der Waals surface area contributed by atoms with E-state index in [2.05, 4.69) is 23.7 Å². The van der Waals surface area contributed by atoms with Gasteiger partial charge in [0.2, 0.25) is 5.91 Å². The summed E-state index contributed by atoms with van der Waals surface area (Å²) in [5, 5.41) is 5.06. The summed E-state index contributed by atoms with van der Waals surface area (Å²) in [6.07, 6.45) is 2.61. The monoisotopic (exact) mass is 211 g/mol. The van der Waals surface area contributed by atoms with E-state index in [0.29, 0.717) is 13.0 Å². The first kappa shape index (κ1) is 11.2. The van der Waals surface area contributed by atoms with E-state index in [9.17, 15) is 4.79 Å². The zero-order valence-corrected chi connectivity index (χ0v) is 9.62. The van der Waals surface area contributed by atoms with Gasteiger partial charge < -0.3 is 5.32 Å². The second-order valence-corrected chi connectivity index (χ2v) is 4.30. The molecule has 0 aliphatic rings. The van der Waals surface area contributed by atoms with E-state index >= 15 is 0 Å². The van der Waals surface area contributed by atoms with Crippen molar-refractivity contribution in [3.8, 4) is 0 Å². The number of carbonyl (C=O) groups excluding carboxylic acids is 1. The van der Waals surface area contributed by atoms with Gasteiger partial charge in [-0.25, -0.2) is 0 Å². The van der Waals surface area contributed by atoms with E-state index in [4.69, 9.17) is 0 Å². The van der Waals surface area contributed by atoms with Gasteiger partial charge in [0.15, 0.2) is 0 Å². The quantitative estimate of drug-likeness (QED) is 0.797. The van der Waals surface area contributed by atoms with Gasteiger partial charge in [0.1, 0.15) is 0 Å². The molecule has 1 aromatic rings. The molecule has 0 aliphatic heterocycles. The average Bonchev–Trinajstić information content (AvgIpc) is 2.63. The highest BCUT2D eigenvalue weighted by molar-refractivity contribution is 7.10. The number of nitrogens with one attached hydrogen (secondary N) is 1. The second-order valence-electron chi connectivity index (χ2n) is 3.30. The molecule has 0 saturated heterocycles. The lowest BCUT2D eigenvalue weighted by molar-refractivity contribution is -0.121. The molecule has 78 valence electrons. The van der Waals surface area contributed by atoms with Crippen LogP contribution in [0.2, 0.25) is 0 Å². The minimum atomic E-state index is 0.152. The summed E-state index contributed by atoms with van der Waals surface area (Å²) in [6, 6.07) is 2.16. The van der Waals surface area contributed by atoms with Crippen LogP contribution in [0.15, 0.2) is 11.4 Å². The Bertz CT molecular complexity index is 293. The molecule has 0 atom stereocenters. The largest absolute Gasteiger partial charge is 0.351 e. The fourth-order valence-electron chi connectivity index (χ4n) is 1.21. The molecule has 0 saturated carbocycles. The molecule has 0 radical (unpaired) electrons. The Balaban J connectivity index is 2.34. The molecule has 0 aromatic carbocycles. The molecular formula is C11H17NOS. The van der Waals surface area contributed by atoms with Crippen LogP contribution in [-0.2, 0) is 17.8 Å². The van der Waals surface area contributed by atoms with Crippen molar-refractivity contribution in [2.45, 2.75) is 39.7 Å². The summed E-state index contributed by atoms with van der Waals surface area (Å²) in [6.45, 7) is 4.84. The van der Waals surface area contributed by atoms with E-state index in [1.165, 1.54) is 10.4 Å². The van der Waals surface area contributed by atoms with Gasteiger partial charge >= 0.3 is 0 Å². The number of rotatable bonds is 5. The Morgan fingerprint density at radius 3 is 2.86 bits per heavy atom. The van der Waals surface area contributed by atoms with Gasteiger partial charge in [-0.3, -0.25) is 4.79 Å². The topological polar surface area (TPSA) is 29.1 Å². The standard InChI is InChI=1S/C11H17NOS/c1-3-5-11(13)12-7-10-6-9(4-2)8-14-10/h6,8H,3-5,7H2,1-2H3,(H,12,13). The van der Waals surface area contributed by atoms with Gasteiger partial charge in [-0.1, -0.05) is 13.8 Å². The van der Waals surface area contributed by atoms with E-state index in [1.54, 1.807) is 11.3 Å². The van der Waals surface area contributed by atoms with Crippen LogP contribution in [0, 0.1) is 0 Å². The van der Waals surface area contributed by atoms with E-state index in [-0.39, 0.29) is 5.91 Å². The van der Waals surface area contributed by atoms with Gasteiger partial charge in [0.25, 0.3) is 0 Å². The van der Waals surface area contributed by atoms with Crippen LogP contribution in [0.3, 0.4) is 0 Å². The molecule has 0 bridgehead atoms. The number of hydrogen-bond acceptors (Lipinski definition) is 2. The fourth-order valence-corrected chi connectivity index (χ4v) is 2.12. The highest BCUT2D eigenvalue weighted by Gasteiger charge is 2.01. The third-order valence-corrected chi connectivity index (χ3v) is 3.04. The van der Waals surface area contributed by atoms with Crippen molar-refractivity contribution in [3.63, 3.8) is 0 Å². The van der Waals surface area contributed by atoms with Crippen molar-refractivity contribution < 1.29 is 4.79 Å². The third kappa shape index (κ3) is 3.50. The summed E-state index contributed by atoms with van der Waals surface area (Å²) in [4.78, 5) is 12.4. The van der Waals surface area contributed by atoms with Gasteiger partial charge in [-0.15, -0.1) is 11.3 Å². The summed E-state index contributed by atoms with van der Waals surface area (Å²) in [7, 11) is 0. The molecule has 0 unspecified atom stereocenters. The predicted octanol–water partition coefficient (Wildman–Crippen LogP) is 2.73. The molecule has 2 nitrogen and oxygen atoms in total. The Kier molecular flexibility index (Phi) is 4.66. The van der Waals surface area contributed by atoms with Crippen LogP contribution in [0.1, 0.15) is 37.1 Å².